The molecule has 2 amide bonds. The number of nitrogens with one attached hydrogen (secondary N) is 2. The minimum absolute atomic E-state index is 0.0611. The van der Waals surface area contributed by atoms with Gasteiger partial charge < -0.3 is 24.8 Å². The second kappa shape index (κ2) is 7.96. The maximum atomic E-state index is 12.3. The van der Waals surface area contributed by atoms with E-state index in [4.69, 9.17) is 25.8 Å². The monoisotopic (exact) mass is 390 g/mol. The molecule has 2 aromatic carbocycles. The van der Waals surface area contributed by atoms with Crippen molar-refractivity contribution in [2.24, 2.45) is 0 Å². The van der Waals surface area contributed by atoms with Crippen molar-refractivity contribution in [2.75, 3.05) is 33.2 Å². The van der Waals surface area contributed by atoms with Crippen molar-refractivity contribution in [3.05, 3.63) is 47.0 Å². The third kappa shape index (κ3) is 4.22. The lowest BCUT2D eigenvalue weighted by molar-refractivity contribution is 0.251. The van der Waals surface area contributed by atoms with Crippen molar-refractivity contribution < 1.29 is 19.0 Å². The number of carbonyl (C=O) groups is 1. The highest BCUT2D eigenvalue weighted by Crippen LogP contribution is 2.49. The summed E-state index contributed by atoms with van der Waals surface area (Å²) in [6.07, 6.45) is 2.02. The maximum Gasteiger partial charge on any atom is 0.319 e. The smallest absolute Gasteiger partial charge is 0.319 e. The first kappa shape index (κ1) is 19.2. The Kier molecular flexibility index (Phi) is 5.65. The fourth-order valence-corrected chi connectivity index (χ4v) is 3.31. The zero-order chi connectivity index (χ0) is 19.4. The van der Waals surface area contributed by atoms with Gasteiger partial charge in [0.05, 0.1) is 26.4 Å². The normalized spacial score (nSPS) is 14.2. The summed E-state index contributed by atoms with van der Waals surface area (Å²) in [6.45, 7) is 0.540. The Bertz CT molecular complexity index is 837. The number of rotatable bonds is 7. The van der Waals surface area contributed by atoms with Gasteiger partial charge in [0.1, 0.15) is 5.75 Å². The summed E-state index contributed by atoms with van der Waals surface area (Å²) in [5.41, 5.74) is 1.68. The van der Waals surface area contributed by atoms with Crippen molar-refractivity contribution in [3.8, 4) is 17.2 Å². The number of benzene rings is 2. The molecule has 0 aromatic heterocycles. The predicted octanol–water partition coefficient (Wildman–Crippen LogP) is 4.22. The van der Waals surface area contributed by atoms with E-state index >= 15 is 0 Å². The lowest BCUT2D eigenvalue weighted by atomic mass is 9.95. The SMILES string of the molecule is COc1ccc(NC(=O)NCC2(c3ccc(OC)c(OC)c3)CC2)cc1Cl. The highest BCUT2D eigenvalue weighted by molar-refractivity contribution is 6.32. The maximum absolute atomic E-state index is 12.3. The Morgan fingerprint density at radius 2 is 1.67 bits per heavy atom. The molecule has 0 atom stereocenters. The molecular formula is C20H23ClN2O4. The molecule has 6 nitrogen and oxygen atoms in total. The van der Waals surface area contributed by atoms with E-state index in [-0.39, 0.29) is 11.4 Å². The van der Waals surface area contributed by atoms with Crippen molar-refractivity contribution in [2.45, 2.75) is 18.3 Å². The zero-order valence-corrected chi connectivity index (χ0v) is 16.4. The average Bonchev–Trinajstić information content (AvgIpc) is 3.47. The van der Waals surface area contributed by atoms with Gasteiger partial charge in [0.2, 0.25) is 0 Å². The minimum atomic E-state index is -0.275. The van der Waals surface area contributed by atoms with Crippen LogP contribution in [0.4, 0.5) is 10.5 Å². The number of halogens is 1. The number of carbonyl (C=O) groups excluding carboxylic acids is 1. The molecule has 27 heavy (non-hydrogen) atoms. The molecular weight excluding hydrogens is 368 g/mol. The van der Waals surface area contributed by atoms with Crippen LogP contribution in [-0.2, 0) is 5.41 Å². The first-order valence-corrected chi connectivity index (χ1v) is 9.00. The van der Waals surface area contributed by atoms with Gasteiger partial charge in [-0.1, -0.05) is 17.7 Å². The molecule has 0 heterocycles. The molecule has 1 saturated carbocycles. The van der Waals surface area contributed by atoms with Gasteiger partial charge in [-0.2, -0.15) is 0 Å². The summed E-state index contributed by atoms with van der Waals surface area (Å²) in [7, 11) is 4.78. The molecule has 0 spiro atoms. The molecule has 1 fully saturated rings. The Hall–Kier alpha value is -2.60. The zero-order valence-electron chi connectivity index (χ0n) is 15.6. The van der Waals surface area contributed by atoms with E-state index in [0.29, 0.717) is 34.5 Å². The fraction of sp³-hybridized carbons (Fsp3) is 0.350. The van der Waals surface area contributed by atoms with Crippen molar-refractivity contribution >= 4 is 23.3 Å². The third-order valence-corrected chi connectivity index (χ3v) is 5.14. The number of methoxy groups -OCH3 is 3. The van der Waals surface area contributed by atoms with Crippen molar-refractivity contribution in [1.29, 1.82) is 0 Å². The summed E-state index contributed by atoms with van der Waals surface area (Å²) < 4.78 is 15.8. The molecule has 3 rings (SSSR count). The predicted molar refractivity (Wildman–Crippen MR) is 105 cm³/mol. The van der Waals surface area contributed by atoms with Gasteiger partial charge in [-0.3, -0.25) is 0 Å². The standard InChI is InChI=1S/C20H23ClN2O4/c1-25-16-7-5-14(11-15(16)21)23-19(24)22-12-20(8-9-20)13-4-6-17(26-2)18(10-13)27-3/h4-7,10-11H,8-9,12H2,1-3H3,(H2,22,23,24). The first-order valence-electron chi connectivity index (χ1n) is 8.62. The Morgan fingerprint density at radius 3 is 2.26 bits per heavy atom. The highest BCUT2D eigenvalue weighted by Gasteiger charge is 2.44. The Morgan fingerprint density at radius 1 is 1.00 bits per heavy atom. The minimum Gasteiger partial charge on any atom is -0.495 e. The quantitative estimate of drug-likeness (QED) is 0.742. The molecule has 0 radical (unpaired) electrons. The van der Waals surface area contributed by atoms with Crippen molar-refractivity contribution in [1.82, 2.24) is 5.32 Å². The molecule has 2 N–H and O–H groups in total. The van der Waals surface area contributed by atoms with Crippen LogP contribution in [0.5, 0.6) is 17.2 Å². The lowest BCUT2D eigenvalue weighted by Crippen LogP contribution is -2.35. The second-order valence-electron chi connectivity index (χ2n) is 6.51. The largest absolute Gasteiger partial charge is 0.495 e. The topological polar surface area (TPSA) is 68.8 Å². The van der Waals surface area contributed by atoms with Crippen LogP contribution in [0.2, 0.25) is 5.02 Å². The fourth-order valence-electron chi connectivity index (χ4n) is 3.05. The van der Waals surface area contributed by atoms with Crippen LogP contribution < -0.4 is 24.8 Å². The first-order chi connectivity index (χ1) is 13.0. The van der Waals surface area contributed by atoms with Gasteiger partial charge in [0.15, 0.2) is 11.5 Å². The van der Waals surface area contributed by atoms with E-state index in [9.17, 15) is 4.79 Å². The van der Waals surface area contributed by atoms with Gasteiger partial charge in [0.25, 0.3) is 0 Å². The van der Waals surface area contributed by atoms with Crippen LogP contribution in [0.3, 0.4) is 0 Å². The van der Waals surface area contributed by atoms with Crippen LogP contribution in [0, 0.1) is 0 Å². The Labute approximate surface area is 163 Å². The molecule has 144 valence electrons. The summed E-state index contributed by atoms with van der Waals surface area (Å²) in [6, 6.07) is 10.7. The molecule has 1 aliphatic carbocycles. The molecule has 0 aliphatic heterocycles. The average molecular weight is 391 g/mol. The molecule has 1 aliphatic rings. The van der Waals surface area contributed by atoms with Crippen LogP contribution in [-0.4, -0.2) is 33.9 Å². The van der Waals surface area contributed by atoms with Crippen molar-refractivity contribution in [3.63, 3.8) is 0 Å². The number of ether oxygens (including phenoxy) is 3. The van der Waals surface area contributed by atoms with Crippen LogP contribution >= 0.6 is 11.6 Å². The van der Waals surface area contributed by atoms with E-state index in [2.05, 4.69) is 10.6 Å². The van der Waals surface area contributed by atoms with Crippen LogP contribution in [0.25, 0.3) is 0 Å². The summed E-state index contributed by atoms with van der Waals surface area (Å²) in [5.74, 6) is 1.95. The lowest BCUT2D eigenvalue weighted by Gasteiger charge is -2.19. The van der Waals surface area contributed by atoms with Gasteiger partial charge in [-0.05, 0) is 48.7 Å². The number of hydrogen-bond acceptors (Lipinski definition) is 4. The van der Waals surface area contributed by atoms with Crippen LogP contribution in [0.1, 0.15) is 18.4 Å². The van der Waals surface area contributed by atoms with Gasteiger partial charge in [-0.15, -0.1) is 0 Å². The van der Waals surface area contributed by atoms with Gasteiger partial charge in [0, 0.05) is 17.6 Å². The summed E-state index contributed by atoms with van der Waals surface area (Å²) in [5, 5.41) is 6.19. The number of hydrogen-bond donors (Lipinski definition) is 2. The molecule has 0 saturated heterocycles. The molecule has 2 aromatic rings. The molecule has 0 unspecified atom stereocenters. The highest BCUT2D eigenvalue weighted by atomic mass is 35.5. The number of urea groups is 1. The van der Waals surface area contributed by atoms with Gasteiger partial charge in [-0.25, -0.2) is 4.79 Å². The Balaban J connectivity index is 1.62. The van der Waals surface area contributed by atoms with E-state index in [0.717, 1.165) is 18.4 Å². The van der Waals surface area contributed by atoms with Gasteiger partial charge >= 0.3 is 6.03 Å². The third-order valence-electron chi connectivity index (χ3n) is 4.85. The van der Waals surface area contributed by atoms with E-state index < -0.39 is 0 Å². The molecule has 7 heteroatoms. The van der Waals surface area contributed by atoms with E-state index in [1.54, 1.807) is 39.5 Å². The number of amides is 2. The summed E-state index contributed by atoms with van der Waals surface area (Å²) in [4.78, 5) is 12.3. The molecule has 0 bridgehead atoms. The van der Waals surface area contributed by atoms with Crippen LogP contribution in [0.15, 0.2) is 36.4 Å². The number of anilines is 1. The van der Waals surface area contributed by atoms with E-state index in [1.807, 2.05) is 18.2 Å². The summed E-state index contributed by atoms with van der Waals surface area (Å²) >= 11 is 6.09. The second-order valence-corrected chi connectivity index (χ2v) is 6.91. The van der Waals surface area contributed by atoms with E-state index in [1.165, 1.54) is 0 Å².